The number of thiazole rings is 1. The molecule has 0 radical (unpaired) electrons. The average Bonchev–Trinajstić information content (AvgIpc) is 3.39. The number of carbonyl (C=O) groups is 1. The molecular weight excluding hydrogens is 432 g/mol. The maximum Gasteiger partial charge on any atom is 0.223 e. The maximum absolute atomic E-state index is 11.6. The summed E-state index contributed by atoms with van der Waals surface area (Å²) < 4.78 is 2.07. The van der Waals surface area contributed by atoms with Crippen LogP contribution in [0, 0.1) is 0 Å². The first-order valence-electron chi connectivity index (χ1n) is 11.2. The van der Waals surface area contributed by atoms with E-state index in [2.05, 4.69) is 51.2 Å². The third-order valence-corrected chi connectivity index (χ3v) is 7.38. The Morgan fingerprint density at radius 1 is 1.15 bits per heavy atom. The average molecular weight is 457 g/mol. The van der Waals surface area contributed by atoms with Gasteiger partial charge in [0.2, 0.25) is 5.91 Å². The first-order valence-corrected chi connectivity index (χ1v) is 12.0. The predicted octanol–water partition coefficient (Wildman–Crippen LogP) is 4.10. The summed E-state index contributed by atoms with van der Waals surface area (Å²) >= 11 is 1.53. The fraction of sp³-hybridized carbons (Fsp3) is 0.280. The standard InChI is InChI=1S/C25H24N6OS/c1-15(32)27-25-28-21-8-7-20-22(17-4-3-10-26-13-17)29-31(23(20)24(21)33-25)19-6-5-16-9-11-30(2)14-18(16)12-19/h3-6,10,12-13H,7-9,11,14H2,1-2H3,(H,27,28,32). The molecule has 0 fully saturated rings. The molecule has 1 N–H and O–H groups in total. The predicted molar refractivity (Wildman–Crippen MR) is 130 cm³/mol. The van der Waals surface area contributed by atoms with Crippen LogP contribution in [0.5, 0.6) is 0 Å². The molecule has 166 valence electrons. The summed E-state index contributed by atoms with van der Waals surface area (Å²) in [5.74, 6) is -0.107. The second kappa shape index (κ2) is 7.90. The van der Waals surface area contributed by atoms with Gasteiger partial charge in [-0.25, -0.2) is 9.67 Å². The van der Waals surface area contributed by atoms with Crippen molar-refractivity contribution in [1.82, 2.24) is 24.6 Å². The minimum Gasteiger partial charge on any atom is -0.302 e. The zero-order chi connectivity index (χ0) is 22.5. The van der Waals surface area contributed by atoms with E-state index in [-0.39, 0.29) is 5.91 Å². The number of hydrogen-bond donors (Lipinski definition) is 1. The van der Waals surface area contributed by atoms with Crippen molar-refractivity contribution in [3.63, 3.8) is 0 Å². The Hall–Kier alpha value is -3.36. The second-order valence-electron chi connectivity index (χ2n) is 8.75. The highest BCUT2D eigenvalue weighted by molar-refractivity contribution is 7.19. The maximum atomic E-state index is 11.6. The Bertz CT molecular complexity index is 1370. The number of carbonyl (C=O) groups excluding carboxylic acids is 1. The number of likely N-dealkylation sites (N-methyl/N-ethyl adjacent to an activating group) is 1. The lowest BCUT2D eigenvalue weighted by atomic mass is 9.95. The molecule has 1 aliphatic heterocycles. The molecular formula is C25H24N6OS. The van der Waals surface area contributed by atoms with Gasteiger partial charge in [0, 0.05) is 43.5 Å². The molecule has 1 aliphatic carbocycles. The molecule has 1 amide bonds. The lowest BCUT2D eigenvalue weighted by Crippen LogP contribution is -2.26. The molecule has 8 heteroatoms. The van der Waals surface area contributed by atoms with E-state index >= 15 is 0 Å². The van der Waals surface area contributed by atoms with Gasteiger partial charge in [-0.15, -0.1) is 0 Å². The van der Waals surface area contributed by atoms with E-state index in [9.17, 15) is 4.79 Å². The van der Waals surface area contributed by atoms with E-state index in [4.69, 9.17) is 10.1 Å². The molecule has 0 atom stereocenters. The second-order valence-corrected chi connectivity index (χ2v) is 9.75. The van der Waals surface area contributed by atoms with Gasteiger partial charge in [-0.05, 0) is 61.7 Å². The summed E-state index contributed by atoms with van der Waals surface area (Å²) in [6, 6.07) is 10.7. The topological polar surface area (TPSA) is 75.9 Å². The van der Waals surface area contributed by atoms with Crippen LogP contribution >= 0.6 is 11.3 Å². The van der Waals surface area contributed by atoms with Crippen molar-refractivity contribution in [3.8, 4) is 27.5 Å². The number of anilines is 1. The number of fused-ring (bicyclic) bond motifs is 4. The zero-order valence-corrected chi connectivity index (χ0v) is 19.4. The number of aryl methyl sites for hydroxylation is 1. The van der Waals surface area contributed by atoms with Crippen LogP contribution in [0.2, 0.25) is 0 Å². The lowest BCUT2D eigenvalue weighted by Gasteiger charge is -2.25. The van der Waals surface area contributed by atoms with Crippen LogP contribution in [-0.4, -0.2) is 44.1 Å². The molecule has 1 aromatic carbocycles. The molecule has 7 nitrogen and oxygen atoms in total. The molecule has 3 aromatic heterocycles. The molecule has 0 bridgehead atoms. The summed E-state index contributed by atoms with van der Waals surface area (Å²) in [5, 5.41) is 8.63. The number of nitrogens with one attached hydrogen (secondary N) is 1. The summed E-state index contributed by atoms with van der Waals surface area (Å²) in [5.41, 5.74) is 9.11. The molecule has 2 aliphatic rings. The van der Waals surface area contributed by atoms with Crippen LogP contribution in [-0.2, 0) is 30.6 Å². The van der Waals surface area contributed by atoms with Crippen molar-refractivity contribution in [3.05, 3.63) is 65.1 Å². The van der Waals surface area contributed by atoms with Crippen molar-refractivity contribution >= 4 is 22.4 Å². The first kappa shape index (κ1) is 20.3. The third kappa shape index (κ3) is 3.55. The highest BCUT2D eigenvalue weighted by Gasteiger charge is 2.30. The van der Waals surface area contributed by atoms with E-state index in [0.29, 0.717) is 5.13 Å². The normalized spacial score (nSPS) is 15.0. The zero-order valence-electron chi connectivity index (χ0n) is 18.6. The van der Waals surface area contributed by atoms with Gasteiger partial charge in [0.25, 0.3) is 0 Å². The summed E-state index contributed by atoms with van der Waals surface area (Å²) in [6.07, 6.45) is 6.41. The van der Waals surface area contributed by atoms with E-state index < -0.39 is 0 Å². The number of nitrogens with zero attached hydrogens (tertiary/aromatic N) is 5. The summed E-state index contributed by atoms with van der Waals surface area (Å²) in [6.45, 7) is 3.55. The van der Waals surface area contributed by atoms with Gasteiger partial charge in [-0.1, -0.05) is 17.4 Å². The Morgan fingerprint density at radius 3 is 2.88 bits per heavy atom. The quantitative estimate of drug-likeness (QED) is 0.502. The van der Waals surface area contributed by atoms with Crippen molar-refractivity contribution in [2.75, 3.05) is 18.9 Å². The van der Waals surface area contributed by atoms with Crippen molar-refractivity contribution in [2.24, 2.45) is 0 Å². The van der Waals surface area contributed by atoms with E-state index in [1.165, 1.54) is 35.0 Å². The van der Waals surface area contributed by atoms with Gasteiger partial charge >= 0.3 is 0 Å². The minimum atomic E-state index is -0.107. The van der Waals surface area contributed by atoms with Gasteiger partial charge in [0.15, 0.2) is 5.13 Å². The fourth-order valence-electron chi connectivity index (χ4n) is 4.81. The molecule has 0 spiro atoms. The van der Waals surface area contributed by atoms with Gasteiger partial charge in [0.05, 0.1) is 27.6 Å². The SMILES string of the molecule is CC(=O)Nc1nc2c(s1)-c1c(c(-c3cccnc3)nn1-c1ccc3c(c1)CN(C)CC3)CC2. The van der Waals surface area contributed by atoms with Crippen LogP contribution in [0.25, 0.3) is 27.5 Å². The van der Waals surface area contributed by atoms with E-state index in [0.717, 1.165) is 65.6 Å². The molecule has 0 saturated heterocycles. The summed E-state index contributed by atoms with van der Waals surface area (Å²) in [7, 11) is 2.17. The van der Waals surface area contributed by atoms with Crippen molar-refractivity contribution in [1.29, 1.82) is 0 Å². The monoisotopic (exact) mass is 456 g/mol. The van der Waals surface area contributed by atoms with Crippen LogP contribution in [0.4, 0.5) is 5.13 Å². The molecule has 4 aromatic rings. The van der Waals surface area contributed by atoms with Gasteiger partial charge in [-0.2, -0.15) is 5.10 Å². The largest absolute Gasteiger partial charge is 0.302 e. The Morgan fingerprint density at radius 2 is 2.06 bits per heavy atom. The number of aromatic nitrogens is 4. The minimum absolute atomic E-state index is 0.107. The summed E-state index contributed by atoms with van der Waals surface area (Å²) in [4.78, 5) is 24.1. The molecule has 33 heavy (non-hydrogen) atoms. The highest BCUT2D eigenvalue weighted by Crippen LogP contribution is 2.44. The van der Waals surface area contributed by atoms with Crippen molar-refractivity contribution in [2.45, 2.75) is 32.7 Å². The van der Waals surface area contributed by atoms with Gasteiger partial charge in [-0.3, -0.25) is 9.78 Å². The Balaban J connectivity index is 1.55. The number of amides is 1. The van der Waals surface area contributed by atoms with E-state index in [1.54, 1.807) is 6.20 Å². The van der Waals surface area contributed by atoms with Crippen molar-refractivity contribution < 1.29 is 4.79 Å². The molecule has 6 rings (SSSR count). The Kier molecular flexibility index (Phi) is 4.85. The van der Waals surface area contributed by atoms with Crippen LogP contribution in [0.15, 0.2) is 42.7 Å². The van der Waals surface area contributed by atoms with Crippen LogP contribution < -0.4 is 5.32 Å². The van der Waals surface area contributed by atoms with Crippen LogP contribution in [0.3, 0.4) is 0 Å². The van der Waals surface area contributed by atoms with Gasteiger partial charge in [0.1, 0.15) is 0 Å². The van der Waals surface area contributed by atoms with Gasteiger partial charge < -0.3 is 10.2 Å². The molecule has 0 unspecified atom stereocenters. The first-order chi connectivity index (χ1) is 16.1. The fourth-order valence-corrected chi connectivity index (χ4v) is 5.93. The third-order valence-electron chi connectivity index (χ3n) is 6.36. The number of benzene rings is 1. The highest BCUT2D eigenvalue weighted by atomic mass is 32.1. The Labute approximate surface area is 196 Å². The molecule has 4 heterocycles. The van der Waals surface area contributed by atoms with Crippen LogP contribution in [0.1, 0.15) is 29.3 Å². The number of pyridine rings is 1. The number of hydrogen-bond acceptors (Lipinski definition) is 6. The number of rotatable bonds is 3. The lowest BCUT2D eigenvalue weighted by molar-refractivity contribution is -0.114. The van der Waals surface area contributed by atoms with E-state index in [1.807, 2.05) is 12.3 Å². The smallest absolute Gasteiger partial charge is 0.223 e. The molecule has 0 saturated carbocycles.